The fraction of sp³-hybridized carbons (Fsp3) is 0.571. The van der Waals surface area contributed by atoms with Crippen LogP contribution in [0.25, 0.3) is 10.9 Å². The molecule has 2 bridgehead atoms. The highest BCUT2D eigenvalue weighted by atomic mass is 16.5. The van der Waals surface area contributed by atoms with Crippen LogP contribution in [-0.4, -0.2) is 41.6 Å². The van der Waals surface area contributed by atoms with Crippen LogP contribution in [0.5, 0.6) is 0 Å². The van der Waals surface area contributed by atoms with Gasteiger partial charge in [-0.3, -0.25) is 4.90 Å². The van der Waals surface area contributed by atoms with E-state index in [0.29, 0.717) is 23.9 Å². The van der Waals surface area contributed by atoms with E-state index < -0.39 is 0 Å². The number of aldehydes is 1. The standard InChI is InChI=1S/C21H26N2O2/c1-12-16(10-24)14-8-20-21-15(9-19(22(20)2)17(14)11-25-12)13-6-4-5-7-18(13)23(21)3/h4-7,10,12,14,16-17,19-20H,8-9,11H2,1-3H3/t12-,14-,16-,17+,19-,20-/m0/s1. The molecule has 2 saturated heterocycles. The Morgan fingerprint density at radius 1 is 1.20 bits per heavy atom. The van der Waals surface area contributed by atoms with E-state index in [9.17, 15) is 4.79 Å². The summed E-state index contributed by atoms with van der Waals surface area (Å²) >= 11 is 0. The number of fused-ring (bicyclic) bond motifs is 8. The highest BCUT2D eigenvalue weighted by Gasteiger charge is 2.52. The lowest BCUT2D eigenvalue weighted by molar-refractivity contribution is -0.150. The molecule has 0 radical (unpaired) electrons. The van der Waals surface area contributed by atoms with Gasteiger partial charge in [-0.25, -0.2) is 0 Å². The maximum atomic E-state index is 11.8. The third-order valence-electron chi connectivity index (χ3n) is 7.29. The molecule has 1 aromatic heterocycles. The Morgan fingerprint density at radius 3 is 2.80 bits per heavy atom. The van der Waals surface area contributed by atoms with E-state index >= 15 is 0 Å². The van der Waals surface area contributed by atoms with Gasteiger partial charge in [-0.05, 0) is 44.4 Å². The Labute approximate surface area is 148 Å². The average Bonchev–Trinajstić information content (AvgIpc) is 2.88. The van der Waals surface area contributed by atoms with E-state index in [0.717, 1.165) is 25.7 Å². The van der Waals surface area contributed by atoms with Crippen LogP contribution in [0.1, 0.15) is 30.6 Å². The lowest BCUT2D eigenvalue weighted by Gasteiger charge is -2.55. The summed E-state index contributed by atoms with van der Waals surface area (Å²) in [5.74, 6) is 0.937. The molecule has 4 heterocycles. The molecule has 0 saturated carbocycles. The van der Waals surface area contributed by atoms with E-state index in [1.165, 1.54) is 22.2 Å². The number of piperidine rings is 1. The molecule has 3 aliphatic heterocycles. The molecule has 2 aromatic rings. The normalized spacial score (nSPS) is 37.6. The van der Waals surface area contributed by atoms with Gasteiger partial charge in [-0.2, -0.15) is 0 Å². The van der Waals surface area contributed by atoms with Gasteiger partial charge in [0.15, 0.2) is 0 Å². The number of ether oxygens (including phenoxy) is 1. The SMILES string of the molecule is C[C@@H]1OC[C@@H]2[C@@H](C[C@H]3c4c(c5ccccc5n4C)C[C@@H]2N3C)[C@H]1C=O. The first-order valence-corrected chi connectivity index (χ1v) is 9.46. The molecule has 132 valence electrons. The van der Waals surface area contributed by atoms with E-state index in [2.05, 4.69) is 54.8 Å². The lowest BCUT2D eigenvalue weighted by atomic mass is 9.64. The van der Waals surface area contributed by atoms with Crippen molar-refractivity contribution in [3.63, 3.8) is 0 Å². The second kappa shape index (κ2) is 5.42. The topological polar surface area (TPSA) is 34.5 Å². The van der Waals surface area contributed by atoms with E-state index in [4.69, 9.17) is 4.74 Å². The van der Waals surface area contributed by atoms with Gasteiger partial charge >= 0.3 is 0 Å². The number of aryl methyl sites for hydroxylation is 1. The lowest BCUT2D eigenvalue weighted by Crippen LogP contribution is -2.59. The number of hydrogen-bond donors (Lipinski definition) is 0. The quantitative estimate of drug-likeness (QED) is 0.750. The van der Waals surface area contributed by atoms with E-state index in [1.54, 1.807) is 0 Å². The highest BCUT2D eigenvalue weighted by Crippen LogP contribution is 2.51. The van der Waals surface area contributed by atoms with Gasteiger partial charge in [0.2, 0.25) is 0 Å². The van der Waals surface area contributed by atoms with Crippen molar-refractivity contribution >= 4 is 17.2 Å². The molecule has 0 aliphatic carbocycles. The molecule has 0 amide bonds. The van der Waals surface area contributed by atoms with Crippen LogP contribution < -0.4 is 0 Å². The van der Waals surface area contributed by atoms with Crippen LogP contribution >= 0.6 is 0 Å². The number of hydrogen-bond acceptors (Lipinski definition) is 3. The van der Waals surface area contributed by atoms with Gasteiger partial charge in [-0.1, -0.05) is 18.2 Å². The summed E-state index contributed by atoms with van der Waals surface area (Å²) in [5.41, 5.74) is 4.31. The summed E-state index contributed by atoms with van der Waals surface area (Å²) in [7, 11) is 4.46. The second-order valence-corrected chi connectivity index (χ2v) is 8.21. The number of nitrogens with zero attached hydrogens (tertiary/aromatic N) is 2. The molecule has 2 fully saturated rings. The summed E-state index contributed by atoms with van der Waals surface area (Å²) < 4.78 is 8.40. The van der Waals surface area contributed by atoms with Crippen molar-refractivity contribution in [2.75, 3.05) is 13.7 Å². The number of carbonyl (C=O) groups is 1. The smallest absolute Gasteiger partial charge is 0.125 e. The summed E-state index contributed by atoms with van der Waals surface area (Å²) in [5, 5.41) is 1.40. The molecule has 25 heavy (non-hydrogen) atoms. The van der Waals surface area contributed by atoms with Gasteiger partial charge in [0.25, 0.3) is 0 Å². The van der Waals surface area contributed by atoms with Crippen molar-refractivity contribution in [1.82, 2.24) is 9.47 Å². The van der Waals surface area contributed by atoms with Gasteiger partial charge in [0.1, 0.15) is 6.29 Å². The third-order valence-corrected chi connectivity index (χ3v) is 7.29. The largest absolute Gasteiger partial charge is 0.377 e. The Hall–Kier alpha value is -1.65. The first-order valence-electron chi connectivity index (χ1n) is 9.46. The average molecular weight is 338 g/mol. The first kappa shape index (κ1) is 15.6. The van der Waals surface area contributed by atoms with Crippen molar-refractivity contribution in [2.24, 2.45) is 24.8 Å². The fourth-order valence-electron chi connectivity index (χ4n) is 5.97. The fourth-order valence-corrected chi connectivity index (χ4v) is 5.97. The van der Waals surface area contributed by atoms with Gasteiger partial charge in [-0.15, -0.1) is 0 Å². The number of carbonyl (C=O) groups excluding carboxylic acids is 1. The Morgan fingerprint density at radius 2 is 2.00 bits per heavy atom. The summed E-state index contributed by atoms with van der Waals surface area (Å²) in [4.78, 5) is 14.3. The molecular formula is C21H26N2O2. The first-order chi connectivity index (χ1) is 12.1. The molecule has 0 spiro atoms. The second-order valence-electron chi connectivity index (χ2n) is 8.21. The number of para-hydroxylation sites is 1. The van der Waals surface area contributed by atoms with Gasteiger partial charge in [0, 0.05) is 41.5 Å². The Bertz CT molecular complexity index is 842. The molecule has 1 aromatic carbocycles. The molecular weight excluding hydrogens is 312 g/mol. The van der Waals surface area contributed by atoms with Gasteiger partial charge in [0.05, 0.1) is 18.8 Å². The minimum atomic E-state index is 0.0358. The van der Waals surface area contributed by atoms with Crippen LogP contribution in [0.4, 0.5) is 0 Å². The Kier molecular flexibility index (Phi) is 3.38. The number of likely N-dealkylation sites (N-methyl/N-ethyl adjacent to an activating group) is 1. The number of benzene rings is 1. The van der Waals surface area contributed by atoms with Crippen molar-refractivity contribution < 1.29 is 9.53 Å². The molecule has 0 N–H and O–H groups in total. The minimum Gasteiger partial charge on any atom is -0.377 e. The molecule has 0 unspecified atom stereocenters. The monoisotopic (exact) mass is 338 g/mol. The Balaban J connectivity index is 1.66. The van der Waals surface area contributed by atoms with Crippen LogP contribution in [0.15, 0.2) is 24.3 Å². The zero-order chi connectivity index (χ0) is 17.3. The predicted octanol–water partition coefficient (Wildman–Crippen LogP) is 2.95. The molecule has 3 aliphatic rings. The van der Waals surface area contributed by atoms with Crippen LogP contribution in [0, 0.1) is 17.8 Å². The van der Waals surface area contributed by atoms with Crippen molar-refractivity contribution in [3.8, 4) is 0 Å². The third kappa shape index (κ3) is 1.98. The zero-order valence-electron chi connectivity index (χ0n) is 15.2. The van der Waals surface area contributed by atoms with Gasteiger partial charge < -0.3 is 14.1 Å². The zero-order valence-corrected chi connectivity index (χ0v) is 15.2. The maximum absolute atomic E-state index is 11.8. The predicted molar refractivity (Wildman–Crippen MR) is 97.5 cm³/mol. The minimum absolute atomic E-state index is 0.0358. The number of rotatable bonds is 1. The van der Waals surface area contributed by atoms with Crippen molar-refractivity contribution in [1.29, 1.82) is 0 Å². The summed E-state index contributed by atoms with van der Waals surface area (Å²) in [6.45, 7) is 2.85. The van der Waals surface area contributed by atoms with E-state index in [1.807, 2.05) is 0 Å². The molecule has 4 heteroatoms. The molecule has 5 rings (SSSR count). The highest BCUT2D eigenvalue weighted by molar-refractivity contribution is 5.86. The van der Waals surface area contributed by atoms with E-state index in [-0.39, 0.29) is 12.0 Å². The summed E-state index contributed by atoms with van der Waals surface area (Å²) in [6.07, 6.45) is 3.33. The summed E-state index contributed by atoms with van der Waals surface area (Å²) in [6, 6.07) is 9.64. The van der Waals surface area contributed by atoms with Crippen LogP contribution in [-0.2, 0) is 23.0 Å². The molecule has 6 atom stereocenters. The van der Waals surface area contributed by atoms with Crippen molar-refractivity contribution in [2.45, 2.75) is 38.0 Å². The van der Waals surface area contributed by atoms with Crippen LogP contribution in [0.2, 0.25) is 0 Å². The van der Waals surface area contributed by atoms with Crippen molar-refractivity contribution in [3.05, 3.63) is 35.5 Å². The number of aromatic nitrogens is 1. The molecule has 4 nitrogen and oxygen atoms in total. The maximum Gasteiger partial charge on any atom is 0.125 e. The van der Waals surface area contributed by atoms with Crippen LogP contribution in [0.3, 0.4) is 0 Å².